The fraction of sp³-hybridized carbons (Fsp3) is 0.182. The number of aromatic amines is 1. The maximum Gasteiger partial charge on any atom is 0.338 e. The van der Waals surface area contributed by atoms with Gasteiger partial charge in [0.05, 0.1) is 12.7 Å². The van der Waals surface area contributed by atoms with Gasteiger partial charge in [0, 0.05) is 10.9 Å². The molecule has 1 N–H and O–H groups in total. The topological polar surface area (TPSA) is 67.9 Å². The van der Waals surface area contributed by atoms with E-state index >= 15 is 0 Å². The Morgan fingerprint density at radius 3 is 3.00 bits per heavy atom. The SMILES string of the molecule is COC(=O)c1ccc(Br)cc1Cc1ncn[nH]1. The molecule has 5 nitrogen and oxygen atoms in total. The molecule has 0 saturated heterocycles. The molecular formula is C11H10BrN3O2. The van der Waals surface area contributed by atoms with E-state index in [1.807, 2.05) is 6.07 Å². The van der Waals surface area contributed by atoms with E-state index in [1.165, 1.54) is 13.4 Å². The molecule has 2 aromatic rings. The Bertz CT molecular complexity index is 526. The summed E-state index contributed by atoms with van der Waals surface area (Å²) in [6.07, 6.45) is 1.94. The van der Waals surface area contributed by atoms with Crippen LogP contribution in [0.5, 0.6) is 0 Å². The van der Waals surface area contributed by atoms with Crippen molar-refractivity contribution in [2.24, 2.45) is 0 Å². The number of hydrogen-bond acceptors (Lipinski definition) is 4. The Morgan fingerprint density at radius 1 is 1.53 bits per heavy atom. The first-order valence-electron chi connectivity index (χ1n) is 4.91. The highest BCUT2D eigenvalue weighted by Crippen LogP contribution is 2.19. The molecule has 0 saturated carbocycles. The summed E-state index contributed by atoms with van der Waals surface area (Å²) in [7, 11) is 1.36. The van der Waals surface area contributed by atoms with E-state index in [0.29, 0.717) is 17.8 Å². The Kier molecular flexibility index (Phi) is 3.53. The molecule has 0 aliphatic carbocycles. The van der Waals surface area contributed by atoms with Crippen LogP contribution >= 0.6 is 15.9 Å². The molecular weight excluding hydrogens is 286 g/mol. The molecule has 0 bridgehead atoms. The van der Waals surface area contributed by atoms with E-state index in [-0.39, 0.29) is 5.97 Å². The highest BCUT2D eigenvalue weighted by Gasteiger charge is 2.13. The second kappa shape index (κ2) is 5.09. The van der Waals surface area contributed by atoms with E-state index in [9.17, 15) is 4.79 Å². The number of carbonyl (C=O) groups is 1. The van der Waals surface area contributed by atoms with Gasteiger partial charge in [-0.15, -0.1) is 0 Å². The molecule has 6 heteroatoms. The van der Waals surface area contributed by atoms with Crippen LogP contribution in [0.3, 0.4) is 0 Å². The maximum atomic E-state index is 11.6. The normalized spacial score (nSPS) is 10.2. The summed E-state index contributed by atoms with van der Waals surface area (Å²) >= 11 is 3.37. The zero-order valence-electron chi connectivity index (χ0n) is 9.11. The summed E-state index contributed by atoms with van der Waals surface area (Å²) in [6, 6.07) is 5.40. The Hall–Kier alpha value is -1.69. The smallest absolute Gasteiger partial charge is 0.338 e. The van der Waals surface area contributed by atoms with Crippen molar-refractivity contribution >= 4 is 21.9 Å². The number of nitrogens with one attached hydrogen (secondary N) is 1. The van der Waals surface area contributed by atoms with E-state index < -0.39 is 0 Å². The molecule has 2 rings (SSSR count). The molecule has 88 valence electrons. The predicted octanol–water partition coefficient (Wildman–Crippen LogP) is 1.94. The number of halogens is 1. The van der Waals surface area contributed by atoms with Crippen LogP contribution in [0.15, 0.2) is 29.0 Å². The molecule has 0 spiro atoms. The van der Waals surface area contributed by atoms with Crippen LogP contribution in [0.1, 0.15) is 21.7 Å². The first-order chi connectivity index (χ1) is 8.20. The van der Waals surface area contributed by atoms with E-state index in [4.69, 9.17) is 4.74 Å². The fourth-order valence-corrected chi connectivity index (χ4v) is 1.92. The van der Waals surface area contributed by atoms with Gasteiger partial charge in [-0.1, -0.05) is 15.9 Å². The summed E-state index contributed by atoms with van der Waals surface area (Å²) in [4.78, 5) is 15.6. The minimum Gasteiger partial charge on any atom is -0.465 e. The quantitative estimate of drug-likeness (QED) is 0.879. The van der Waals surface area contributed by atoms with Crippen LogP contribution in [-0.4, -0.2) is 28.3 Å². The number of rotatable bonds is 3. The van der Waals surface area contributed by atoms with Crippen LogP contribution in [0, 0.1) is 0 Å². The molecule has 0 fully saturated rings. The third-order valence-corrected chi connectivity index (χ3v) is 2.79. The van der Waals surface area contributed by atoms with Gasteiger partial charge in [-0.05, 0) is 23.8 Å². The lowest BCUT2D eigenvalue weighted by Crippen LogP contribution is -2.06. The number of H-pyrrole nitrogens is 1. The van der Waals surface area contributed by atoms with Crippen LogP contribution in [-0.2, 0) is 11.2 Å². The largest absolute Gasteiger partial charge is 0.465 e. The third-order valence-electron chi connectivity index (χ3n) is 2.30. The minimum atomic E-state index is -0.355. The van der Waals surface area contributed by atoms with Crippen LogP contribution < -0.4 is 0 Å². The summed E-state index contributed by atoms with van der Waals surface area (Å²) in [5.41, 5.74) is 1.37. The molecule has 17 heavy (non-hydrogen) atoms. The second-order valence-corrected chi connectivity index (χ2v) is 4.32. The molecule has 0 unspecified atom stereocenters. The number of ether oxygens (including phenoxy) is 1. The van der Waals surface area contributed by atoms with Gasteiger partial charge in [0.25, 0.3) is 0 Å². The number of methoxy groups -OCH3 is 1. The number of aromatic nitrogens is 3. The van der Waals surface area contributed by atoms with Crippen molar-refractivity contribution in [3.63, 3.8) is 0 Å². The summed E-state index contributed by atoms with van der Waals surface area (Å²) in [5, 5.41) is 6.53. The Morgan fingerprint density at radius 2 is 2.35 bits per heavy atom. The van der Waals surface area contributed by atoms with E-state index in [1.54, 1.807) is 12.1 Å². The van der Waals surface area contributed by atoms with Crippen molar-refractivity contribution in [1.29, 1.82) is 0 Å². The predicted molar refractivity (Wildman–Crippen MR) is 64.7 cm³/mol. The first kappa shape index (κ1) is 11.8. The van der Waals surface area contributed by atoms with Crippen LogP contribution in [0.4, 0.5) is 0 Å². The lowest BCUT2D eigenvalue weighted by Gasteiger charge is -2.06. The fourth-order valence-electron chi connectivity index (χ4n) is 1.51. The monoisotopic (exact) mass is 295 g/mol. The molecule has 0 aliphatic heterocycles. The summed E-state index contributed by atoms with van der Waals surface area (Å²) in [5.74, 6) is 0.347. The Balaban J connectivity index is 2.36. The number of carbonyl (C=O) groups excluding carboxylic acids is 1. The van der Waals surface area contributed by atoms with Crippen molar-refractivity contribution in [2.75, 3.05) is 7.11 Å². The standard InChI is InChI=1S/C11H10BrN3O2/c1-17-11(16)9-3-2-8(12)4-7(9)5-10-13-6-14-15-10/h2-4,6H,5H2,1H3,(H,13,14,15). The maximum absolute atomic E-state index is 11.6. The summed E-state index contributed by atoms with van der Waals surface area (Å²) < 4.78 is 5.64. The zero-order valence-corrected chi connectivity index (χ0v) is 10.7. The van der Waals surface area contributed by atoms with Gasteiger partial charge in [0.2, 0.25) is 0 Å². The van der Waals surface area contributed by atoms with Gasteiger partial charge >= 0.3 is 5.97 Å². The molecule has 1 aromatic carbocycles. The third kappa shape index (κ3) is 2.71. The lowest BCUT2D eigenvalue weighted by molar-refractivity contribution is 0.0599. The molecule has 1 aromatic heterocycles. The van der Waals surface area contributed by atoms with Gasteiger partial charge in [-0.3, -0.25) is 5.10 Å². The molecule has 1 heterocycles. The molecule has 0 radical (unpaired) electrons. The van der Waals surface area contributed by atoms with Crippen molar-refractivity contribution in [2.45, 2.75) is 6.42 Å². The number of nitrogens with zero attached hydrogens (tertiary/aromatic N) is 2. The van der Waals surface area contributed by atoms with Crippen molar-refractivity contribution < 1.29 is 9.53 Å². The highest BCUT2D eigenvalue weighted by molar-refractivity contribution is 9.10. The van der Waals surface area contributed by atoms with Crippen LogP contribution in [0.25, 0.3) is 0 Å². The van der Waals surface area contributed by atoms with Gasteiger partial charge < -0.3 is 4.74 Å². The first-order valence-corrected chi connectivity index (χ1v) is 5.71. The van der Waals surface area contributed by atoms with Crippen molar-refractivity contribution in [3.8, 4) is 0 Å². The van der Waals surface area contributed by atoms with Crippen molar-refractivity contribution in [3.05, 3.63) is 46.0 Å². The van der Waals surface area contributed by atoms with Gasteiger partial charge in [-0.2, -0.15) is 5.10 Å². The van der Waals surface area contributed by atoms with Crippen molar-refractivity contribution in [1.82, 2.24) is 15.2 Å². The molecule has 0 amide bonds. The Labute approximate surface area is 106 Å². The van der Waals surface area contributed by atoms with Gasteiger partial charge in [0.1, 0.15) is 12.2 Å². The number of esters is 1. The molecule has 0 atom stereocenters. The number of hydrogen-bond donors (Lipinski definition) is 1. The van der Waals surface area contributed by atoms with Gasteiger partial charge in [-0.25, -0.2) is 9.78 Å². The van der Waals surface area contributed by atoms with E-state index in [2.05, 4.69) is 31.1 Å². The lowest BCUT2D eigenvalue weighted by atomic mass is 10.0. The average molecular weight is 296 g/mol. The second-order valence-electron chi connectivity index (χ2n) is 3.40. The zero-order chi connectivity index (χ0) is 12.3. The average Bonchev–Trinajstić information content (AvgIpc) is 2.81. The van der Waals surface area contributed by atoms with E-state index in [0.717, 1.165) is 10.0 Å². The number of benzene rings is 1. The summed E-state index contributed by atoms with van der Waals surface area (Å²) in [6.45, 7) is 0. The molecule has 0 aliphatic rings. The minimum absolute atomic E-state index is 0.355. The van der Waals surface area contributed by atoms with Crippen LogP contribution in [0.2, 0.25) is 0 Å². The van der Waals surface area contributed by atoms with Gasteiger partial charge in [0.15, 0.2) is 0 Å². The highest BCUT2D eigenvalue weighted by atomic mass is 79.9.